The molecule has 1 saturated heterocycles. The highest BCUT2D eigenvalue weighted by atomic mass is 16.7. The van der Waals surface area contributed by atoms with Crippen LogP contribution < -0.4 is 15.2 Å². The van der Waals surface area contributed by atoms with Gasteiger partial charge in [0.05, 0.1) is 0 Å². The smallest absolute Gasteiger partial charge is 0.231 e. The second kappa shape index (κ2) is 5.02. The fourth-order valence-corrected chi connectivity index (χ4v) is 2.80. The zero-order valence-electron chi connectivity index (χ0n) is 11.5. The van der Waals surface area contributed by atoms with E-state index >= 15 is 0 Å². The lowest BCUT2D eigenvalue weighted by molar-refractivity contribution is 0.174. The Morgan fingerprint density at radius 3 is 2.74 bits per heavy atom. The van der Waals surface area contributed by atoms with Crippen LogP contribution in [0.2, 0.25) is 0 Å². The van der Waals surface area contributed by atoms with Gasteiger partial charge in [0, 0.05) is 5.54 Å². The summed E-state index contributed by atoms with van der Waals surface area (Å²) in [4.78, 5) is 2.35. The molecule has 4 heteroatoms. The summed E-state index contributed by atoms with van der Waals surface area (Å²) in [6.45, 7) is 2.56. The monoisotopic (exact) mass is 262 g/mol. The quantitative estimate of drug-likeness (QED) is 0.902. The number of benzene rings is 1. The highest BCUT2D eigenvalue weighted by Crippen LogP contribution is 2.33. The van der Waals surface area contributed by atoms with E-state index < -0.39 is 0 Å². The van der Waals surface area contributed by atoms with E-state index in [1.165, 1.54) is 5.56 Å². The summed E-state index contributed by atoms with van der Waals surface area (Å²) in [5.41, 5.74) is 7.79. The molecule has 0 radical (unpaired) electrons. The number of aryl methyl sites for hydroxylation is 1. The first kappa shape index (κ1) is 12.8. The Kier molecular flexibility index (Phi) is 3.37. The molecule has 0 amide bonds. The van der Waals surface area contributed by atoms with Crippen molar-refractivity contribution in [2.45, 2.75) is 31.2 Å². The van der Waals surface area contributed by atoms with E-state index in [-0.39, 0.29) is 5.54 Å². The van der Waals surface area contributed by atoms with E-state index in [2.05, 4.69) is 24.1 Å². The van der Waals surface area contributed by atoms with Crippen LogP contribution in [0.5, 0.6) is 11.5 Å². The van der Waals surface area contributed by atoms with Gasteiger partial charge in [-0.05, 0) is 63.5 Å². The Morgan fingerprint density at radius 1 is 1.21 bits per heavy atom. The molecule has 1 aromatic carbocycles. The van der Waals surface area contributed by atoms with Crippen LogP contribution in [0, 0.1) is 0 Å². The van der Waals surface area contributed by atoms with Crippen molar-refractivity contribution >= 4 is 0 Å². The zero-order chi connectivity index (χ0) is 13.3. The van der Waals surface area contributed by atoms with Crippen molar-refractivity contribution in [3.63, 3.8) is 0 Å². The van der Waals surface area contributed by atoms with Crippen molar-refractivity contribution in [2.75, 3.05) is 26.9 Å². The van der Waals surface area contributed by atoms with Gasteiger partial charge in [-0.25, -0.2) is 0 Å². The van der Waals surface area contributed by atoms with Gasteiger partial charge in [0.15, 0.2) is 11.5 Å². The molecule has 0 saturated carbocycles. The third-order valence-electron chi connectivity index (χ3n) is 4.33. The number of nitrogens with zero attached hydrogens (tertiary/aromatic N) is 1. The minimum atomic E-state index is 0.00286. The van der Waals surface area contributed by atoms with Crippen LogP contribution in [-0.2, 0) is 6.42 Å². The molecule has 1 fully saturated rings. The minimum Gasteiger partial charge on any atom is -0.454 e. The molecule has 1 aromatic rings. The number of rotatable bonds is 3. The first-order valence-corrected chi connectivity index (χ1v) is 7.01. The molecular formula is C15H22N2O2. The topological polar surface area (TPSA) is 47.7 Å². The molecular weight excluding hydrogens is 240 g/mol. The molecule has 0 aromatic heterocycles. The molecule has 2 aliphatic heterocycles. The average Bonchev–Trinajstić information content (AvgIpc) is 2.88. The molecule has 0 atom stereocenters. The minimum absolute atomic E-state index is 0.00286. The van der Waals surface area contributed by atoms with E-state index in [4.69, 9.17) is 15.2 Å². The summed E-state index contributed by atoms with van der Waals surface area (Å²) >= 11 is 0. The van der Waals surface area contributed by atoms with Crippen molar-refractivity contribution in [1.82, 2.24) is 4.90 Å². The van der Waals surface area contributed by atoms with Crippen LogP contribution in [0.15, 0.2) is 18.2 Å². The molecule has 0 aliphatic carbocycles. The van der Waals surface area contributed by atoms with Gasteiger partial charge in [-0.15, -0.1) is 0 Å². The number of hydrogen-bond acceptors (Lipinski definition) is 4. The Labute approximate surface area is 114 Å². The molecule has 3 rings (SSSR count). The lowest BCUT2D eigenvalue weighted by Crippen LogP contribution is -2.49. The fourth-order valence-electron chi connectivity index (χ4n) is 2.80. The highest BCUT2D eigenvalue weighted by Gasteiger charge is 2.29. The van der Waals surface area contributed by atoms with Crippen molar-refractivity contribution in [1.29, 1.82) is 0 Å². The average molecular weight is 262 g/mol. The normalized spacial score (nSPS) is 21.6. The standard InChI is InChI=1S/C15H22N2O2/c1-17-8-6-15(16,7-9-17)5-4-12-2-3-13-14(10-12)19-11-18-13/h2-3,10H,4-9,11,16H2,1H3. The van der Waals surface area contributed by atoms with Crippen LogP contribution in [0.1, 0.15) is 24.8 Å². The Morgan fingerprint density at radius 2 is 1.95 bits per heavy atom. The van der Waals surface area contributed by atoms with Crippen LogP contribution in [0.4, 0.5) is 0 Å². The largest absolute Gasteiger partial charge is 0.454 e. The van der Waals surface area contributed by atoms with Crippen LogP contribution in [0.25, 0.3) is 0 Å². The number of ether oxygens (including phenoxy) is 2. The second-order valence-electron chi connectivity index (χ2n) is 5.85. The molecule has 2 heterocycles. The molecule has 0 unspecified atom stereocenters. The molecule has 0 bridgehead atoms. The van der Waals surface area contributed by atoms with E-state index in [0.29, 0.717) is 6.79 Å². The van der Waals surface area contributed by atoms with Crippen LogP contribution in [-0.4, -0.2) is 37.4 Å². The van der Waals surface area contributed by atoms with E-state index in [1.54, 1.807) is 0 Å². The third-order valence-corrected chi connectivity index (χ3v) is 4.33. The van der Waals surface area contributed by atoms with Gasteiger partial charge < -0.3 is 20.1 Å². The van der Waals surface area contributed by atoms with Crippen molar-refractivity contribution < 1.29 is 9.47 Å². The maximum atomic E-state index is 6.50. The molecule has 104 valence electrons. The number of likely N-dealkylation sites (tertiary alicyclic amines) is 1. The Bertz CT molecular complexity index is 453. The number of piperidine rings is 1. The SMILES string of the molecule is CN1CCC(N)(CCc2ccc3c(c2)OCO3)CC1. The van der Waals surface area contributed by atoms with Crippen LogP contribution >= 0.6 is 0 Å². The lowest BCUT2D eigenvalue weighted by Gasteiger charge is -2.37. The summed E-state index contributed by atoms with van der Waals surface area (Å²) in [7, 11) is 2.16. The number of hydrogen-bond donors (Lipinski definition) is 1. The third kappa shape index (κ3) is 2.85. The summed E-state index contributed by atoms with van der Waals surface area (Å²) < 4.78 is 10.7. The van der Waals surface area contributed by atoms with E-state index in [1.807, 2.05) is 6.07 Å². The second-order valence-corrected chi connectivity index (χ2v) is 5.85. The van der Waals surface area contributed by atoms with E-state index in [9.17, 15) is 0 Å². The zero-order valence-corrected chi connectivity index (χ0v) is 11.5. The lowest BCUT2D eigenvalue weighted by atomic mass is 9.83. The van der Waals surface area contributed by atoms with Gasteiger partial charge in [-0.1, -0.05) is 6.07 Å². The Hall–Kier alpha value is -1.26. The van der Waals surface area contributed by atoms with E-state index in [0.717, 1.165) is 50.3 Å². The van der Waals surface area contributed by atoms with Gasteiger partial charge in [0.2, 0.25) is 6.79 Å². The summed E-state index contributed by atoms with van der Waals surface area (Å²) in [5.74, 6) is 1.72. The summed E-state index contributed by atoms with van der Waals surface area (Å²) in [6, 6.07) is 6.20. The van der Waals surface area contributed by atoms with Gasteiger partial charge in [-0.3, -0.25) is 0 Å². The predicted molar refractivity (Wildman–Crippen MR) is 74.5 cm³/mol. The molecule has 4 nitrogen and oxygen atoms in total. The van der Waals surface area contributed by atoms with Gasteiger partial charge in [0.25, 0.3) is 0 Å². The fraction of sp³-hybridized carbons (Fsp3) is 0.600. The Balaban J connectivity index is 1.60. The molecule has 2 aliphatic rings. The summed E-state index contributed by atoms with van der Waals surface area (Å²) in [6.07, 6.45) is 4.24. The maximum absolute atomic E-state index is 6.50. The van der Waals surface area contributed by atoms with Crippen LogP contribution in [0.3, 0.4) is 0 Å². The molecule has 19 heavy (non-hydrogen) atoms. The van der Waals surface area contributed by atoms with Crippen molar-refractivity contribution in [2.24, 2.45) is 5.73 Å². The highest BCUT2D eigenvalue weighted by molar-refractivity contribution is 5.44. The van der Waals surface area contributed by atoms with Gasteiger partial charge in [0.1, 0.15) is 0 Å². The predicted octanol–water partition coefficient (Wildman–Crippen LogP) is 1.77. The van der Waals surface area contributed by atoms with Gasteiger partial charge >= 0.3 is 0 Å². The van der Waals surface area contributed by atoms with Gasteiger partial charge in [-0.2, -0.15) is 0 Å². The molecule has 2 N–H and O–H groups in total. The van der Waals surface area contributed by atoms with Crippen molar-refractivity contribution in [3.8, 4) is 11.5 Å². The first-order chi connectivity index (χ1) is 9.15. The molecule has 0 spiro atoms. The summed E-state index contributed by atoms with van der Waals surface area (Å²) in [5, 5.41) is 0. The first-order valence-electron chi connectivity index (χ1n) is 7.01. The maximum Gasteiger partial charge on any atom is 0.231 e. The number of fused-ring (bicyclic) bond motifs is 1. The number of nitrogens with two attached hydrogens (primary N) is 1. The van der Waals surface area contributed by atoms with Crippen molar-refractivity contribution in [3.05, 3.63) is 23.8 Å².